The van der Waals surface area contributed by atoms with Gasteiger partial charge in [-0.25, -0.2) is 4.98 Å². The summed E-state index contributed by atoms with van der Waals surface area (Å²) in [6, 6.07) is 11.3. The van der Waals surface area contributed by atoms with E-state index in [1.165, 1.54) is 5.56 Å². The summed E-state index contributed by atoms with van der Waals surface area (Å²) < 4.78 is 16.6. The molecule has 2 aromatic carbocycles. The van der Waals surface area contributed by atoms with Crippen molar-refractivity contribution < 1.29 is 19.0 Å². The van der Waals surface area contributed by atoms with Gasteiger partial charge >= 0.3 is 0 Å². The summed E-state index contributed by atoms with van der Waals surface area (Å²) in [5, 5.41) is 2.94. The average Bonchev–Trinajstić information content (AvgIpc) is 3.21. The second-order valence-electron chi connectivity index (χ2n) is 7.15. The molecule has 0 saturated carbocycles. The molecule has 0 bridgehead atoms. The molecule has 1 aliphatic rings. The van der Waals surface area contributed by atoms with Gasteiger partial charge in [-0.2, -0.15) is 0 Å². The summed E-state index contributed by atoms with van der Waals surface area (Å²) in [5.41, 5.74) is 3.93. The number of thiazole rings is 1. The number of methoxy groups -OCH3 is 2. The van der Waals surface area contributed by atoms with Gasteiger partial charge in [0.1, 0.15) is 17.4 Å². The van der Waals surface area contributed by atoms with Crippen molar-refractivity contribution in [3.63, 3.8) is 0 Å². The lowest BCUT2D eigenvalue weighted by atomic mass is 9.98. The minimum atomic E-state index is 0.0116. The molecule has 6 nitrogen and oxygen atoms in total. The van der Waals surface area contributed by atoms with Crippen LogP contribution in [-0.4, -0.2) is 36.6 Å². The Morgan fingerprint density at radius 3 is 2.43 bits per heavy atom. The molecule has 0 radical (unpaired) electrons. The van der Waals surface area contributed by atoms with Crippen LogP contribution in [0.1, 0.15) is 32.2 Å². The Morgan fingerprint density at radius 1 is 1.10 bits per heavy atom. The van der Waals surface area contributed by atoms with E-state index in [0.29, 0.717) is 31.0 Å². The molecule has 156 valence electrons. The van der Waals surface area contributed by atoms with Crippen LogP contribution < -0.4 is 14.2 Å². The van der Waals surface area contributed by atoms with Crippen molar-refractivity contribution in [2.24, 2.45) is 0 Å². The van der Waals surface area contributed by atoms with E-state index in [0.717, 1.165) is 34.2 Å². The number of hydrogen-bond donors (Lipinski definition) is 0. The second-order valence-corrected chi connectivity index (χ2v) is 8.09. The first-order chi connectivity index (χ1) is 14.6. The lowest BCUT2D eigenvalue weighted by Gasteiger charge is -2.29. The molecule has 0 spiro atoms. The number of ether oxygens (including phenoxy) is 3. The zero-order valence-corrected chi connectivity index (χ0v) is 18.1. The first-order valence-corrected chi connectivity index (χ1v) is 10.6. The van der Waals surface area contributed by atoms with Crippen LogP contribution in [0.3, 0.4) is 0 Å². The Kier molecular flexibility index (Phi) is 5.90. The lowest BCUT2D eigenvalue weighted by molar-refractivity contribution is 0.0734. The fourth-order valence-electron chi connectivity index (χ4n) is 3.55. The Bertz CT molecular complexity index is 1050. The first kappa shape index (κ1) is 20.2. The summed E-state index contributed by atoms with van der Waals surface area (Å²) in [5.74, 6) is 2.14. The van der Waals surface area contributed by atoms with Crippen LogP contribution in [0.4, 0.5) is 0 Å². The number of aromatic nitrogens is 1. The highest BCUT2D eigenvalue weighted by atomic mass is 32.1. The molecule has 4 rings (SSSR count). The van der Waals surface area contributed by atoms with Crippen LogP contribution in [0.25, 0.3) is 0 Å². The smallest absolute Gasteiger partial charge is 0.254 e. The molecule has 1 aliphatic heterocycles. The number of hydrogen-bond acceptors (Lipinski definition) is 6. The van der Waals surface area contributed by atoms with Crippen molar-refractivity contribution in [1.29, 1.82) is 0 Å². The number of fused-ring (bicyclic) bond motifs is 1. The van der Waals surface area contributed by atoms with Crippen molar-refractivity contribution in [3.8, 4) is 17.2 Å². The molecule has 0 saturated heterocycles. The van der Waals surface area contributed by atoms with Crippen molar-refractivity contribution in [1.82, 2.24) is 9.88 Å². The van der Waals surface area contributed by atoms with Crippen LogP contribution in [0.15, 0.2) is 41.8 Å². The van der Waals surface area contributed by atoms with Crippen LogP contribution >= 0.6 is 11.3 Å². The molecule has 1 aromatic heterocycles. The van der Waals surface area contributed by atoms with Crippen LogP contribution in [0, 0.1) is 6.92 Å². The van der Waals surface area contributed by atoms with Gasteiger partial charge in [0.25, 0.3) is 5.91 Å². The van der Waals surface area contributed by atoms with Gasteiger partial charge < -0.3 is 19.1 Å². The Hall–Kier alpha value is -3.06. The molecule has 0 unspecified atom stereocenters. The molecule has 3 aromatic rings. The molecular formula is C23H24N2O4S. The molecule has 0 N–H and O–H groups in total. The minimum absolute atomic E-state index is 0.0116. The standard InChI is InChI=1S/C23H24N2O4S/c1-15-14-30-22(24-15)13-29-19-6-4-16(5-7-19)23(26)25-9-8-17-10-20(27-2)21(28-3)11-18(17)12-25/h4-7,10-11,14H,8-9,12-13H2,1-3H3. The van der Waals surface area contributed by atoms with E-state index in [-0.39, 0.29) is 5.91 Å². The summed E-state index contributed by atoms with van der Waals surface area (Å²) in [6.07, 6.45) is 0.788. The number of carbonyl (C=O) groups is 1. The van der Waals surface area contributed by atoms with E-state index in [4.69, 9.17) is 14.2 Å². The number of carbonyl (C=O) groups excluding carboxylic acids is 1. The van der Waals surface area contributed by atoms with E-state index in [1.807, 2.05) is 53.6 Å². The molecule has 2 heterocycles. The van der Waals surface area contributed by atoms with Gasteiger partial charge in [-0.3, -0.25) is 4.79 Å². The Morgan fingerprint density at radius 2 is 1.80 bits per heavy atom. The first-order valence-electron chi connectivity index (χ1n) is 9.74. The summed E-state index contributed by atoms with van der Waals surface area (Å²) in [4.78, 5) is 19.3. The number of amides is 1. The van der Waals surface area contributed by atoms with E-state index in [9.17, 15) is 4.79 Å². The molecule has 0 atom stereocenters. The van der Waals surface area contributed by atoms with Gasteiger partial charge in [-0.1, -0.05) is 0 Å². The van der Waals surface area contributed by atoms with E-state index in [2.05, 4.69) is 4.98 Å². The van der Waals surface area contributed by atoms with Gasteiger partial charge in [-0.05, 0) is 60.9 Å². The average molecular weight is 425 g/mol. The Balaban J connectivity index is 1.42. The highest BCUT2D eigenvalue weighted by Crippen LogP contribution is 2.33. The van der Waals surface area contributed by atoms with Gasteiger partial charge in [0, 0.05) is 29.7 Å². The monoisotopic (exact) mass is 424 g/mol. The van der Waals surface area contributed by atoms with E-state index in [1.54, 1.807) is 25.6 Å². The van der Waals surface area contributed by atoms with Gasteiger partial charge in [-0.15, -0.1) is 11.3 Å². The summed E-state index contributed by atoms with van der Waals surface area (Å²) in [7, 11) is 3.25. The predicted molar refractivity (Wildman–Crippen MR) is 116 cm³/mol. The Labute approximate surface area is 180 Å². The van der Waals surface area contributed by atoms with Crippen LogP contribution in [0.2, 0.25) is 0 Å². The zero-order valence-electron chi connectivity index (χ0n) is 17.3. The highest BCUT2D eigenvalue weighted by Gasteiger charge is 2.23. The number of nitrogens with zero attached hydrogens (tertiary/aromatic N) is 2. The van der Waals surface area contributed by atoms with Gasteiger partial charge in [0.05, 0.1) is 14.2 Å². The number of aryl methyl sites for hydroxylation is 1. The van der Waals surface area contributed by atoms with Crippen LogP contribution in [-0.2, 0) is 19.6 Å². The van der Waals surface area contributed by atoms with Crippen molar-refractivity contribution in [3.05, 3.63) is 69.2 Å². The normalized spacial score (nSPS) is 13.0. The van der Waals surface area contributed by atoms with E-state index < -0.39 is 0 Å². The second kappa shape index (κ2) is 8.75. The van der Waals surface area contributed by atoms with Crippen LogP contribution in [0.5, 0.6) is 17.2 Å². The number of rotatable bonds is 6. The molecule has 30 heavy (non-hydrogen) atoms. The molecule has 7 heteroatoms. The van der Waals surface area contributed by atoms with Crippen molar-refractivity contribution in [2.75, 3.05) is 20.8 Å². The third kappa shape index (κ3) is 4.26. The maximum Gasteiger partial charge on any atom is 0.254 e. The molecule has 1 amide bonds. The SMILES string of the molecule is COc1cc2c(cc1OC)CN(C(=O)c1ccc(OCc3nc(C)cs3)cc1)CC2. The third-order valence-corrected chi connectivity index (χ3v) is 6.08. The fraction of sp³-hybridized carbons (Fsp3) is 0.304. The van der Waals surface area contributed by atoms with E-state index >= 15 is 0 Å². The summed E-state index contributed by atoms with van der Waals surface area (Å²) >= 11 is 1.58. The quantitative estimate of drug-likeness (QED) is 0.592. The maximum absolute atomic E-state index is 13.0. The minimum Gasteiger partial charge on any atom is -0.493 e. The largest absolute Gasteiger partial charge is 0.493 e. The van der Waals surface area contributed by atoms with Gasteiger partial charge in [0.2, 0.25) is 0 Å². The highest BCUT2D eigenvalue weighted by molar-refractivity contribution is 7.09. The molecular weight excluding hydrogens is 400 g/mol. The number of benzene rings is 2. The summed E-state index contributed by atoms with van der Waals surface area (Å²) in [6.45, 7) is 3.62. The third-order valence-electron chi connectivity index (χ3n) is 5.14. The predicted octanol–water partition coefficient (Wildman–Crippen LogP) is 4.25. The van der Waals surface area contributed by atoms with Crippen molar-refractivity contribution in [2.45, 2.75) is 26.5 Å². The fourth-order valence-corrected chi connectivity index (χ4v) is 4.23. The van der Waals surface area contributed by atoms with Gasteiger partial charge in [0.15, 0.2) is 11.5 Å². The zero-order chi connectivity index (χ0) is 21.1. The molecule has 0 aliphatic carbocycles. The molecule has 0 fully saturated rings. The maximum atomic E-state index is 13.0. The topological polar surface area (TPSA) is 60.9 Å². The lowest BCUT2D eigenvalue weighted by Crippen LogP contribution is -2.36. The van der Waals surface area contributed by atoms with Crippen molar-refractivity contribution >= 4 is 17.2 Å².